The molecule has 0 bridgehead atoms. The van der Waals surface area contributed by atoms with Crippen LogP contribution in [0, 0.1) is 5.41 Å². The number of carbonyl (C=O) groups excluding carboxylic acids is 1. The standard InChI is InChI=1S/C16H23ClN2O/c1-12(13-7-3-4-8-14(13)17)19(2)15(20)16(11-18)9-5-6-10-16/h3-4,7-8,12H,5-6,9-11,18H2,1-2H3. The molecule has 2 N–H and O–H groups in total. The Bertz CT molecular complexity index is 483. The van der Waals surface area contributed by atoms with Crippen LogP contribution >= 0.6 is 11.6 Å². The minimum absolute atomic E-state index is 0.0415. The number of halogens is 1. The van der Waals surface area contributed by atoms with Crippen molar-refractivity contribution < 1.29 is 4.79 Å². The number of hydrogen-bond donors (Lipinski definition) is 1. The highest BCUT2D eigenvalue weighted by molar-refractivity contribution is 6.31. The van der Waals surface area contributed by atoms with Crippen LogP contribution in [0.25, 0.3) is 0 Å². The second kappa shape index (κ2) is 6.15. The van der Waals surface area contributed by atoms with Gasteiger partial charge in [-0.05, 0) is 31.4 Å². The van der Waals surface area contributed by atoms with E-state index in [0.29, 0.717) is 11.6 Å². The topological polar surface area (TPSA) is 46.3 Å². The molecule has 1 amide bonds. The van der Waals surface area contributed by atoms with E-state index < -0.39 is 0 Å². The molecule has 1 aromatic carbocycles. The predicted octanol–water partition coefficient (Wildman–Crippen LogP) is 3.38. The first kappa shape index (κ1) is 15.3. The van der Waals surface area contributed by atoms with Crippen LogP contribution < -0.4 is 5.73 Å². The fourth-order valence-corrected chi connectivity index (χ4v) is 3.42. The van der Waals surface area contributed by atoms with Crippen LogP contribution in [0.4, 0.5) is 0 Å². The van der Waals surface area contributed by atoms with Gasteiger partial charge in [-0.2, -0.15) is 0 Å². The number of carbonyl (C=O) groups is 1. The van der Waals surface area contributed by atoms with Gasteiger partial charge in [0, 0.05) is 18.6 Å². The minimum atomic E-state index is -0.357. The summed E-state index contributed by atoms with van der Waals surface area (Å²) in [7, 11) is 1.85. The summed E-state index contributed by atoms with van der Waals surface area (Å²) in [6, 6.07) is 7.64. The van der Waals surface area contributed by atoms with Gasteiger partial charge in [0.15, 0.2) is 0 Å². The van der Waals surface area contributed by atoms with Crippen LogP contribution in [0.2, 0.25) is 5.02 Å². The Hall–Kier alpha value is -1.06. The van der Waals surface area contributed by atoms with Gasteiger partial charge < -0.3 is 10.6 Å². The second-order valence-corrected chi connectivity index (χ2v) is 6.21. The Morgan fingerprint density at radius 2 is 2.00 bits per heavy atom. The van der Waals surface area contributed by atoms with Crippen molar-refractivity contribution in [2.24, 2.45) is 11.1 Å². The molecule has 3 nitrogen and oxygen atoms in total. The van der Waals surface area contributed by atoms with E-state index >= 15 is 0 Å². The zero-order valence-electron chi connectivity index (χ0n) is 12.2. The van der Waals surface area contributed by atoms with Crippen LogP contribution in [0.5, 0.6) is 0 Å². The number of rotatable bonds is 4. The van der Waals surface area contributed by atoms with Crippen LogP contribution in [-0.2, 0) is 4.79 Å². The van der Waals surface area contributed by atoms with Crippen molar-refractivity contribution in [2.45, 2.75) is 38.6 Å². The highest BCUT2D eigenvalue weighted by Gasteiger charge is 2.42. The van der Waals surface area contributed by atoms with Crippen molar-refractivity contribution in [1.82, 2.24) is 4.90 Å². The molecular weight excluding hydrogens is 272 g/mol. The maximum Gasteiger partial charge on any atom is 0.230 e. The van der Waals surface area contributed by atoms with Gasteiger partial charge in [0.05, 0.1) is 11.5 Å². The van der Waals surface area contributed by atoms with Crippen molar-refractivity contribution >= 4 is 17.5 Å². The Morgan fingerprint density at radius 1 is 1.40 bits per heavy atom. The Balaban J connectivity index is 2.20. The highest BCUT2D eigenvalue weighted by atomic mass is 35.5. The molecule has 0 radical (unpaired) electrons. The van der Waals surface area contributed by atoms with Gasteiger partial charge >= 0.3 is 0 Å². The van der Waals surface area contributed by atoms with Crippen LogP contribution in [-0.4, -0.2) is 24.4 Å². The van der Waals surface area contributed by atoms with Crippen molar-refractivity contribution in [1.29, 1.82) is 0 Å². The van der Waals surface area contributed by atoms with Gasteiger partial charge in [-0.1, -0.05) is 42.6 Å². The summed E-state index contributed by atoms with van der Waals surface area (Å²) in [6.07, 6.45) is 4.00. The molecule has 1 aliphatic rings. The molecule has 1 unspecified atom stereocenters. The average molecular weight is 295 g/mol. The molecule has 1 fully saturated rings. The first-order chi connectivity index (χ1) is 9.52. The summed E-state index contributed by atoms with van der Waals surface area (Å²) in [5.41, 5.74) is 6.53. The molecule has 2 rings (SSSR count). The maximum atomic E-state index is 12.8. The largest absolute Gasteiger partial charge is 0.338 e. The number of nitrogens with two attached hydrogens (primary N) is 1. The lowest BCUT2D eigenvalue weighted by Gasteiger charge is -2.35. The molecule has 0 heterocycles. The van der Waals surface area contributed by atoms with Crippen LogP contribution in [0.1, 0.15) is 44.2 Å². The zero-order chi connectivity index (χ0) is 14.8. The molecule has 0 aliphatic heterocycles. The molecule has 20 heavy (non-hydrogen) atoms. The van der Waals surface area contributed by atoms with Gasteiger partial charge in [-0.15, -0.1) is 0 Å². The first-order valence-corrected chi connectivity index (χ1v) is 7.61. The molecule has 110 valence electrons. The van der Waals surface area contributed by atoms with Gasteiger partial charge in [0.2, 0.25) is 5.91 Å². The van der Waals surface area contributed by atoms with Crippen molar-refractivity contribution in [2.75, 3.05) is 13.6 Å². The number of amides is 1. The molecule has 0 saturated heterocycles. The third-order valence-corrected chi connectivity index (χ3v) is 5.01. The van der Waals surface area contributed by atoms with Gasteiger partial charge in [0.1, 0.15) is 0 Å². The SMILES string of the molecule is CC(c1ccccc1Cl)N(C)C(=O)C1(CN)CCCC1. The molecular formula is C16H23ClN2O. The maximum absolute atomic E-state index is 12.8. The van der Waals surface area contributed by atoms with Crippen molar-refractivity contribution in [3.05, 3.63) is 34.9 Å². The Morgan fingerprint density at radius 3 is 2.55 bits per heavy atom. The van der Waals surface area contributed by atoms with Crippen molar-refractivity contribution in [3.8, 4) is 0 Å². The summed E-state index contributed by atoms with van der Waals surface area (Å²) >= 11 is 6.23. The molecule has 0 spiro atoms. The Labute approximate surface area is 126 Å². The Kier molecular flexibility index (Phi) is 4.71. The summed E-state index contributed by atoms with van der Waals surface area (Å²) in [4.78, 5) is 14.6. The summed E-state index contributed by atoms with van der Waals surface area (Å²) in [6.45, 7) is 2.45. The van der Waals surface area contributed by atoms with E-state index in [1.165, 1.54) is 0 Å². The third-order valence-electron chi connectivity index (χ3n) is 4.66. The minimum Gasteiger partial charge on any atom is -0.338 e. The monoisotopic (exact) mass is 294 g/mol. The number of benzene rings is 1. The summed E-state index contributed by atoms with van der Waals surface area (Å²) in [5.74, 6) is 0.157. The van der Waals surface area contributed by atoms with E-state index in [0.717, 1.165) is 31.2 Å². The van der Waals surface area contributed by atoms with Gasteiger partial charge in [-0.3, -0.25) is 4.79 Å². The van der Waals surface area contributed by atoms with Gasteiger partial charge in [0.25, 0.3) is 0 Å². The fraction of sp³-hybridized carbons (Fsp3) is 0.562. The number of hydrogen-bond acceptors (Lipinski definition) is 2. The quantitative estimate of drug-likeness (QED) is 0.925. The zero-order valence-corrected chi connectivity index (χ0v) is 13.0. The van der Waals surface area contributed by atoms with Gasteiger partial charge in [-0.25, -0.2) is 0 Å². The first-order valence-electron chi connectivity index (χ1n) is 7.23. The van der Waals surface area contributed by atoms with Crippen molar-refractivity contribution in [3.63, 3.8) is 0 Å². The van der Waals surface area contributed by atoms with E-state index in [9.17, 15) is 4.79 Å². The summed E-state index contributed by atoms with van der Waals surface area (Å²) < 4.78 is 0. The van der Waals surface area contributed by atoms with E-state index in [1.807, 2.05) is 38.2 Å². The van der Waals surface area contributed by atoms with E-state index in [2.05, 4.69) is 0 Å². The van der Waals surface area contributed by atoms with Crippen LogP contribution in [0.15, 0.2) is 24.3 Å². The van der Waals surface area contributed by atoms with E-state index in [1.54, 1.807) is 4.90 Å². The van der Waals surface area contributed by atoms with E-state index in [4.69, 9.17) is 17.3 Å². The fourth-order valence-electron chi connectivity index (χ4n) is 3.13. The van der Waals surface area contributed by atoms with Crippen LogP contribution in [0.3, 0.4) is 0 Å². The molecule has 1 atom stereocenters. The normalized spacial score (nSPS) is 18.8. The van der Waals surface area contributed by atoms with E-state index in [-0.39, 0.29) is 17.4 Å². The smallest absolute Gasteiger partial charge is 0.230 e. The lowest BCUT2D eigenvalue weighted by Crippen LogP contribution is -2.45. The molecule has 1 saturated carbocycles. The molecule has 1 aliphatic carbocycles. The average Bonchev–Trinajstić information content (AvgIpc) is 2.95. The molecule has 4 heteroatoms. The summed E-state index contributed by atoms with van der Waals surface area (Å²) in [5, 5.41) is 0.702. The molecule has 1 aromatic rings. The third kappa shape index (κ3) is 2.70. The number of nitrogens with zero attached hydrogens (tertiary/aromatic N) is 1. The second-order valence-electron chi connectivity index (χ2n) is 5.81. The predicted molar refractivity (Wildman–Crippen MR) is 82.6 cm³/mol. The highest BCUT2D eigenvalue weighted by Crippen LogP contribution is 2.40. The lowest BCUT2D eigenvalue weighted by molar-refractivity contribution is -0.142. The molecule has 0 aromatic heterocycles. The lowest BCUT2D eigenvalue weighted by atomic mass is 9.84.